The Bertz CT molecular complexity index is 143. The number of rotatable bonds is 4. The van der Waals surface area contributed by atoms with Gasteiger partial charge in [0.05, 0.1) is 6.10 Å². The van der Waals surface area contributed by atoms with Crippen molar-refractivity contribution in [1.29, 1.82) is 0 Å². The van der Waals surface area contributed by atoms with Crippen molar-refractivity contribution in [3.8, 4) is 0 Å². The highest BCUT2D eigenvalue weighted by molar-refractivity contribution is 5.14. The summed E-state index contributed by atoms with van der Waals surface area (Å²) in [6.07, 6.45) is 5.33. The monoisotopic (exact) mass is 168 g/mol. The second-order valence-corrected chi connectivity index (χ2v) is 2.18. The van der Waals surface area contributed by atoms with Crippen LogP contribution in [0.5, 0.6) is 0 Å². The molecule has 0 unspecified atom stereocenters. The van der Waals surface area contributed by atoms with E-state index in [1.165, 1.54) is 0 Å². The highest BCUT2D eigenvalue weighted by Crippen LogP contribution is 2.02. The Kier molecular flexibility index (Phi) is 11.4. The van der Waals surface area contributed by atoms with Gasteiger partial charge < -0.3 is 4.74 Å². The van der Waals surface area contributed by atoms with E-state index >= 15 is 0 Å². The molecule has 70 valence electrons. The second-order valence-electron chi connectivity index (χ2n) is 2.18. The quantitative estimate of drug-likeness (QED) is 0.459. The van der Waals surface area contributed by atoms with Crippen molar-refractivity contribution in [1.82, 2.24) is 0 Å². The fourth-order valence-corrected chi connectivity index (χ4v) is 0.544. The Morgan fingerprint density at radius 3 is 2.00 bits per heavy atom. The maximum Gasteiger partial charge on any atom is 0.119 e. The molecular formula is C11H20O. The maximum atomic E-state index is 5.31. The first-order valence-electron chi connectivity index (χ1n) is 4.32. The molecule has 1 nitrogen and oxygen atoms in total. The Morgan fingerprint density at radius 1 is 1.25 bits per heavy atom. The zero-order valence-electron chi connectivity index (χ0n) is 8.63. The predicted octanol–water partition coefficient (Wildman–Crippen LogP) is 3.69. The smallest absolute Gasteiger partial charge is 0.119 e. The van der Waals surface area contributed by atoms with Crippen LogP contribution in [0.3, 0.4) is 0 Å². The second kappa shape index (κ2) is 10.0. The molecule has 0 saturated carbocycles. The Labute approximate surface area is 76.4 Å². The van der Waals surface area contributed by atoms with Gasteiger partial charge in [-0.25, -0.2) is 0 Å². The van der Waals surface area contributed by atoms with Gasteiger partial charge in [0.1, 0.15) is 5.76 Å². The molecule has 0 N–H and O–H groups in total. The summed E-state index contributed by atoms with van der Waals surface area (Å²) >= 11 is 0. The third-order valence-electron chi connectivity index (χ3n) is 0.855. The highest BCUT2D eigenvalue weighted by atomic mass is 16.5. The topological polar surface area (TPSA) is 9.23 Å². The van der Waals surface area contributed by atoms with Gasteiger partial charge in [-0.3, -0.25) is 0 Å². The van der Waals surface area contributed by atoms with Crippen LogP contribution in [0.15, 0.2) is 37.1 Å². The molecule has 0 saturated heterocycles. The molecule has 0 aromatic rings. The van der Waals surface area contributed by atoms with E-state index in [0.717, 1.165) is 5.76 Å². The van der Waals surface area contributed by atoms with Crippen LogP contribution < -0.4 is 0 Å². The molecule has 0 amide bonds. The van der Waals surface area contributed by atoms with Crippen molar-refractivity contribution >= 4 is 0 Å². The fraction of sp³-hybridized carbons (Fsp3) is 0.455. The van der Waals surface area contributed by atoms with Gasteiger partial charge in [-0.15, -0.1) is 0 Å². The van der Waals surface area contributed by atoms with Crippen molar-refractivity contribution in [2.75, 3.05) is 0 Å². The summed E-state index contributed by atoms with van der Waals surface area (Å²) in [6.45, 7) is 15.1. The molecule has 0 aromatic heterocycles. The molecule has 0 bridgehead atoms. The summed E-state index contributed by atoms with van der Waals surface area (Å²) in [5.41, 5.74) is 0. The standard InChI is InChI=1S/C9H14O.C2H6/c1-5-7-9(6-2)10-8(3)4;1-2/h5-8H,1-2H2,3-4H3;1-2H3/b9-7+;. The Hall–Kier alpha value is -0.980. The lowest BCUT2D eigenvalue weighted by Crippen LogP contribution is -1.99. The van der Waals surface area contributed by atoms with E-state index in [2.05, 4.69) is 13.2 Å². The molecule has 0 atom stereocenters. The molecule has 0 aliphatic rings. The lowest BCUT2D eigenvalue weighted by atomic mass is 10.4. The van der Waals surface area contributed by atoms with E-state index in [4.69, 9.17) is 4.74 Å². The SMILES string of the molecule is C=C/C=C(\C=C)OC(C)C.CC. The average Bonchev–Trinajstić information content (AvgIpc) is 2.07. The molecule has 0 spiro atoms. The van der Waals surface area contributed by atoms with Crippen molar-refractivity contribution in [3.05, 3.63) is 37.1 Å². The first-order valence-corrected chi connectivity index (χ1v) is 4.32. The maximum absolute atomic E-state index is 5.31. The fourth-order valence-electron chi connectivity index (χ4n) is 0.544. The van der Waals surface area contributed by atoms with Gasteiger partial charge in [0.15, 0.2) is 0 Å². The van der Waals surface area contributed by atoms with E-state index in [9.17, 15) is 0 Å². The minimum Gasteiger partial charge on any atom is -0.491 e. The molecule has 0 aliphatic heterocycles. The predicted molar refractivity (Wildman–Crippen MR) is 56.0 cm³/mol. The van der Waals surface area contributed by atoms with E-state index in [-0.39, 0.29) is 6.10 Å². The Balaban J connectivity index is 0. The van der Waals surface area contributed by atoms with Crippen LogP contribution in [0.2, 0.25) is 0 Å². The first-order chi connectivity index (χ1) is 5.70. The third-order valence-corrected chi connectivity index (χ3v) is 0.855. The zero-order valence-corrected chi connectivity index (χ0v) is 8.63. The lowest BCUT2D eigenvalue weighted by Gasteiger charge is -2.08. The molecule has 0 rings (SSSR count). The molecule has 0 heterocycles. The summed E-state index contributed by atoms with van der Waals surface area (Å²) in [5, 5.41) is 0. The third kappa shape index (κ3) is 9.02. The van der Waals surface area contributed by atoms with Crippen LogP contribution in [-0.4, -0.2) is 6.10 Å². The zero-order chi connectivity index (χ0) is 9.98. The minimum atomic E-state index is 0.198. The van der Waals surface area contributed by atoms with E-state index in [0.29, 0.717) is 0 Å². The van der Waals surface area contributed by atoms with Gasteiger partial charge in [0, 0.05) is 0 Å². The number of ether oxygens (including phenoxy) is 1. The van der Waals surface area contributed by atoms with Crippen LogP contribution in [-0.2, 0) is 4.74 Å². The van der Waals surface area contributed by atoms with Crippen molar-refractivity contribution in [2.45, 2.75) is 33.8 Å². The number of hydrogen-bond acceptors (Lipinski definition) is 1. The van der Waals surface area contributed by atoms with Crippen LogP contribution in [0, 0.1) is 0 Å². The number of allylic oxidation sites excluding steroid dienone is 3. The molecule has 0 radical (unpaired) electrons. The summed E-state index contributed by atoms with van der Waals surface area (Å²) in [4.78, 5) is 0. The van der Waals surface area contributed by atoms with Crippen molar-refractivity contribution in [3.63, 3.8) is 0 Å². The van der Waals surface area contributed by atoms with Crippen LogP contribution in [0.4, 0.5) is 0 Å². The van der Waals surface area contributed by atoms with E-state index in [1.54, 1.807) is 18.2 Å². The van der Waals surface area contributed by atoms with Crippen LogP contribution in [0.1, 0.15) is 27.7 Å². The van der Waals surface area contributed by atoms with E-state index in [1.807, 2.05) is 27.7 Å². The van der Waals surface area contributed by atoms with Crippen LogP contribution in [0.25, 0.3) is 0 Å². The van der Waals surface area contributed by atoms with Gasteiger partial charge >= 0.3 is 0 Å². The first kappa shape index (κ1) is 13.6. The van der Waals surface area contributed by atoms with Gasteiger partial charge in [0.25, 0.3) is 0 Å². The molecule has 0 fully saturated rings. The molecule has 12 heavy (non-hydrogen) atoms. The van der Waals surface area contributed by atoms with Crippen LogP contribution >= 0.6 is 0 Å². The number of hydrogen-bond donors (Lipinski definition) is 0. The minimum absolute atomic E-state index is 0.198. The van der Waals surface area contributed by atoms with Gasteiger partial charge in [-0.1, -0.05) is 33.1 Å². The summed E-state index contributed by atoms with van der Waals surface area (Å²) in [5.74, 6) is 0.769. The Morgan fingerprint density at radius 2 is 1.75 bits per heavy atom. The largest absolute Gasteiger partial charge is 0.491 e. The summed E-state index contributed by atoms with van der Waals surface area (Å²) < 4.78 is 5.31. The summed E-state index contributed by atoms with van der Waals surface area (Å²) in [6, 6.07) is 0. The summed E-state index contributed by atoms with van der Waals surface area (Å²) in [7, 11) is 0. The van der Waals surface area contributed by atoms with Gasteiger partial charge in [-0.05, 0) is 26.0 Å². The van der Waals surface area contributed by atoms with Gasteiger partial charge in [0.2, 0.25) is 0 Å². The normalized spacial score (nSPS) is 9.92. The van der Waals surface area contributed by atoms with Crippen molar-refractivity contribution in [2.24, 2.45) is 0 Å². The molecule has 0 aromatic carbocycles. The molecular weight excluding hydrogens is 148 g/mol. The van der Waals surface area contributed by atoms with Crippen molar-refractivity contribution < 1.29 is 4.74 Å². The lowest BCUT2D eigenvalue weighted by molar-refractivity contribution is 0.158. The average molecular weight is 168 g/mol. The molecule has 1 heteroatoms. The van der Waals surface area contributed by atoms with E-state index < -0.39 is 0 Å². The highest BCUT2D eigenvalue weighted by Gasteiger charge is 1.93. The van der Waals surface area contributed by atoms with Gasteiger partial charge in [-0.2, -0.15) is 0 Å². The molecule has 0 aliphatic carbocycles.